The molecule has 0 spiro atoms. The lowest BCUT2D eigenvalue weighted by molar-refractivity contribution is -0.115. The normalized spacial score (nSPS) is 15.6. The third-order valence-electron chi connectivity index (χ3n) is 5.34. The van der Waals surface area contributed by atoms with Crippen LogP contribution < -0.4 is 24.8 Å². The molecule has 1 aromatic carbocycles. The number of nitrogens with one attached hydrogen (secondary N) is 1. The predicted octanol–water partition coefficient (Wildman–Crippen LogP) is 0.921. The van der Waals surface area contributed by atoms with Crippen molar-refractivity contribution < 1.29 is 14.3 Å². The predicted molar refractivity (Wildman–Crippen MR) is 133 cm³/mol. The molecule has 0 bridgehead atoms. The summed E-state index contributed by atoms with van der Waals surface area (Å²) in [5.41, 5.74) is 0.176. The summed E-state index contributed by atoms with van der Waals surface area (Å²) in [6, 6.07) is 12.8. The number of hydrogen-bond acceptors (Lipinski definition) is 8. The molecule has 1 amide bonds. The number of methoxy groups -OCH3 is 1. The fraction of sp³-hybridized carbons (Fsp3) is 0.292. The second-order valence-electron chi connectivity index (χ2n) is 7.47. The Bertz CT molecular complexity index is 1350. The first-order valence-electron chi connectivity index (χ1n) is 10.7. The molecule has 1 N–H and O–H groups in total. The van der Waals surface area contributed by atoms with Crippen LogP contribution in [0.3, 0.4) is 0 Å². The largest absolute Gasteiger partial charge is 0.497 e. The van der Waals surface area contributed by atoms with Crippen molar-refractivity contribution in [2.24, 2.45) is 0 Å². The van der Waals surface area contributed by atoms with Crippen molar-refractivity contribution in [3.63, 3.8) is 0 Å². The Labute approximate surface area is 204 Å². The van der Waals surface area contributed by atoms with Crippen LogP contribution in [0.1, 0.15) is 4.88 Å². The number of thiophene rings is 1. The minimum absolute atomic E-state index is 0.0919. The van der Waals surface area contributed by atoms with Gasteiger partial charge in [-0.3, -0.25) is 19.1 Å². The zero-order chi connectivity index (χ0) is 23.9. The van der Waals surface area contributed by atoms with Crippen LogP contribution in [0.15, 0.2) is 46.6 Å². The highest BCUT2D eigenvalue weighted by molar-refractivity contribution is 7.11. The van der Waals surface area contributed by atoms with Crippen LogP contribution in [0.2, 0.25) is 0 Å². The Hall–Kier alpha value is -3.23. The van der Waals surface area contributed by atoms with Crippen LogP contribution in [0, 0.1) is 11.3 Å². The minimum Gasteiger partial charge on any atom is -0.497 e. The third kappa shape index (κ3) is 5.46. The molecular formula is C24H24N4O4S2. The Morgan fingerprint density at radius 1 is 1.26 bits per heavy atom. The SMILES string of the molecule is COc1ccc(-n2c(=O)/c(=C\c3cccs3)s/c2=C(\C#N)C(=O)NCCN2CCOCC2)cc1. The molecule has 1 fully saturated rings. The summed E-state index contributed by atoms with van der Waals surface area (Å²) in [7, 11) is 1.56. The summed E-state index contributed by atoms with van der Waals surface area (Å²) in [4.78, 5) is 29.5. The van der Waals surface area contributed by atoms with Gasteiger partial charge < -0.3 is 14.8 Å². The highest BCUT2D eigenvalue weighted by atomic mass is 32.1. The van der Waals surface area contributed by atoms with E-state index in [-0.39, 0.29) is 11.1 Å². The molecule has 0 saturated carbocycles. The molecular weight excluding hydrogens is 472 g/mol. The number of benzene rings is 1. The van der Waals surface area contributed by atoms with Crippen LogP contribution in [-0.2, 0) is 9.53 Å². The summed E-state index contributed by atoms with van der Waals surface area (Å²) in [6.45, 7) is 4.05. The van der Waals surface area contributed by atoms with Gasteiger partial charge in [0, 0.05) is 31.1 Å². The molecule has 176 valence electrons. The van der Waals surface area contributed by atoms with E-state index in [1.807, 2.05) is 23.6 Å². The monoisotopic (exact) mass is 496 g/mol. The maximum absolute atomic E-state index is 13.4. The van der Waals surface area contributed by atoms with E-state index in [1.165, 1.54) is 15.9 Å². The average molecular weight is 497 g/mol. The first-order chi connectivity index (χ1) is 16.6. The molecule has 34 heavy (non-hydrogen) atoms. The van der Waals surface area contributed by atoms with Crippen molar-refractivity contribution >= 4 is 40.2 Å². The zero-order valence-electron chi connectivity index (χ0n) is 18.7. The molecule has 1 aliphatic heterocycles. The van der Waals surface area contributed by atoms with Gasteiger partial charge in [0.15, 0.2) is 5.57 Å². The van der Waals surface area contributed by atoms with Crippen LogP contribution in [0.4, 0.5) is 0 Å². The fourth-order valence-corrected chi connectivity index (χ4v) is 5.38. The second kappa shape index (κ2) is 11.3. The number of carbonyl (C=O) groups is 1. The first kappa shape index (κ1) is 23.9. The molecule has 2 aromatic heterocycles. The van der Waals surface area contributed by atoms with Crippen molar-refractivity contribution in [3.05, 3.63) is 66.2 Å². The number of rotatable bonds is 7. The number of nitriles is 1. The van der Waals surface area contributed by atoms with Gasteiger partial charge in [0.25, 0.3) is 11.5 Å². The van der Waals surface area contributed by atoms with Crippen molar-refractivity contribution in [2.75, 3.05) is 46.5 Å². The van der Waals surface area contributed by atoms with Crippen LogP contribution in [-0.4, -0.2) is 61.9 Å². The average Bonchev–Trinajstić information content (AvgIpc) is 3.49. The van der Waals surface area contributed by atoms with E-state index in [1.54, 1.807) is 37.5 Å². The van der Waals surface area contributed by atoms with Gasteiger partial charge in [-0.15, -0.1) is 22.7 Å². The molecule has 1 aliphatic rings. The maximum atomic E-state index is 13.4. The molecule has 3 heterocycles. The molecule has 4 rings (SSSR count). The van der Waals surface area contributed by atoms with Crippen LogP contribution in [0.25, 0.3) is 17.3 Å². The van der Waals surface area contributed by atoms with Crippen molar-refractivity contribution in [2.45, 2.75) is 0 Å². The van der Waals surface area contributed by atoms with Gasteiger partial charge in [-0.25, -0.2) is 0 Å². The van der Waals surface area contributed by atoms with Crippen LogP contribution >= 0.6 is 22.7 Å². The lowest BCUT2D eigenvalue weighted by Crippen LogP contribution is -2.42. The van der Waals surface area contributed by atoms with Crippen LogP contribution in [0.5, 0.6) is 5.75 Å². The number of morpholine rings is 1. The number of thiazole rings is 1. The number of ether oxygens (including phenoxy) is 2. The smallest absolute Gasteiger partial charge is 0.273 e. The standard InChI is InChI=1S/C24H24N4O4S2/c1-31-18-6-4-17(5-7-18)28-23(30)21(15-19-3-2-14-33-19)34-24(28)20(16-25)22(29)26-8-9-27-10-12-32-13-11-27/h2-7,14-15H,8-13H2,1H3,(H,26,29)/b21-15+,24-20+. The summed E-state index contributed by atoms with van der Waals surface area (Å²) in [5, 5.41) is 14.7. The van der Waals surface area contributed by atoms with Gasteiger partial charge in [-0.2, -0.15) is 5.26 Å². The van der Waals surface area contributed by atoms with Gasteiger partial charge in [0.05, 0.1) is 30.5 Å². The van der Waals surface area contributed by atoms with E-state index in [4.69, 9.17) is 9.47 Å². The van der Waals surface area contributed by atoms with E-state index in [0.717, 1.165) is 29.3 Å². The van der Waals surface area contributed by atoms with E-state index in [2.05, 4.69) is 10.2 Å². The first-order valence-corrected chi connectivity index (χ1v) is 12.4. The zero-order valence-corrected chi connectivity index (χ0v) is 20.3. The molecule has 0 unspecified atom stereocenters. The number of amides is 1. The van der Waals surface area contributed by atoms with Crippen molar-refractivity contribution in [1.82, 2.24) is 14.8 Å². The number of hydrogen-bond donors (Lipinski definition) is 1. The second-order valence-corrected chi connectivity index (χ2v) is 9.48. The summed E-state index contributed by atoms with van der Waals surface area (Å²) >= 11 is 2.64. The van der Waals surface area contributed by atoms with Gasteiger partial charge in [-0.1, -0.05) is 6.07 Å². The number of aromatic nitrogens is 1. The lowest BCUT2D eigenvalue weighted by Gasteiger charge is -2.26. The van der Waals surface area contributed by atoms with E-state index >= 15 is 0 Å². The fourth-order valence-electron chi connectivity index (χ4n) is 3.55. The highest BCUT2D eigenvalue weighted by Crippen LogP contribution is 2.13. The van der Waals surface area contributed by atoms with Gasteiger partial charge in [0.1, 0.15) is 16.5 Å². The van der Waals surface area contributed by atoms with E-state index < -0.39 is 5.91 Å². The third-order valence-corrected chi connectivity index (χ3v) is 7.25. The maximum Gasteiger partial charge on any atom is 0.273 e. The molecule has 1 saturated heterocycles. The Kier molecular flexibility index (Phi) is 7.92. The quantitative estimate of drug-likeness (QED) is 0.523. The minimum atomic E-state index is -0.498. The van der Waals surface area contributed by atoms with E-state index in [9.17, 15) is 14.9 Å². The molecule has 3 aromatic rings. The van der Waals surface area contributed by atoms with Gasteiger partial charge in [0.2, 0.25) is 0 Å². The Morgan fingerprint density at radius 3 is 2.68 bits per heavy atom. The lowest BCUT2D eigenvalue weighted by atomic mass is 10.2. The Balaban J connectivity index is 1.74. The molecule has 0 atom stereocenters. The highest BCUT2D eigenvalue weighted by Gasteiger charge is 2.18. The summed E-state index contributed by atoms with van der Waals surface area (Å²) < 4.78 is 12.7. The Morgan fingerprint density at radius 2 is 2.03 bits per heavy atom. The van der Waals surface area contributed by atoms with Crippen molar-refractivity contribution in [1.29, 1.82) is 5.26 Å². The van der Waals surface area contributed by atoms with Gasteiger partial charge in [-0.05, 0) is 41.8 Å². The van der Waals surface area contributed by atoms with E-state index in [0.29, 0.717) is 46.9 Å². The summed E-state index contributed by atoms with van der Waals surface area (Å²) in [6.07, 6.45) is 1.78. The molecule has 8 nitrogen and oxygen atoms in total. The number of carbonyl (C=O) groups excluding carboxylic acids is 1. The molecule has 10 heteroatoms. The molecule has 0 radical (unpaired) electrons. The van der Waals surface area contributed by atoms with Gasteiger partial charge >= 0.3 is 0 Å². The number of nitrogens with zero attached hydrogens (tertiary/aromatic N) is 3. The molecule has 0 aliphatic carbocycles. The topological polar surface area (TPSA) is 96.6 Å². The van der Waals surface area contributed by atoms with Crippen molar-refractivity contribution in [3.8, 4) is 17.5 Å². The summed E-state index contributed by atoms with van der Waals surface area (Å²) in [5.74, 6) is 0.145.